The molecule has 0 radical (unpaired) electrons. The van der Waals surface area contributed by atoms with E-state index in [-0.39, 0.29) is 63.7 Å². The van der Waals surface area contributed by atoms with Gasteiger partial charge in [0.25, 0.3) is 0 Å². The summed E-state index contributed by atoms with van der Waals surface area (Å²) in [5, 5.41) is 0. The molecule has 0 fully saturated rings. The Hall–Kier alpha value is 1.45. The third-order valence-electron chi connectivity index (χ3n) is 0. The van der Waals surface area contributed by atoms with Crippen molar-refractivity contribution >= 4 is 0 Å². The van der Waals surface area contributed by atoms with Crippen molar-refractivity contribution in [3.8, 4) is 0 Å². The Labute approximate surface area is 63.4 Å². The van der Waals surface area contributed by atoms with E-state index in [1.165, 1.54) is 0 Å². The van der Waals surface area contributed by atoms with Gasteiger partial charge < -0.3 is 16.4 Å². The van der Waals surface area contributed by atoms with Crippen LogP contribution in [0.5, 0.6) is 0 Å². The first kappa shape index (κ1) is 91.0. The molecule has 0 saturated carbocycles. The topological polar surface area (TPSA) is 85.5 Å². The van der Waals surface area contributed by atoms with Crippen molar-refractivity contribution in [2.75, 3.05) is 0 Å². The molecule has 34 valence electrons. The third-order valence-corrected chi connectivity index (χ3v) is 0. The quantitative estimate of drug-likeness (QED) is 0.583. The molecule has 0 aromatic carbocycles. The van der Waals surface area contributed by atoms with E-state index in [9.17, 15) is 0 Å². The van der Waals surface area contributed by atoms with Gasteiger partial charge in [-0.05, 0) is 0 Å². The zero-order valence-electron chi connectivity index (χ0n) is 2.13. The summed E-state index contributed by atoms with van der Waals surface area (Å²) in [4.78, 5) is 0. The Balaban J connectivity index is 0. The third kappa shape index (κ3) is 30.8. The van der Waals surface area contributed by atoms with Gasteiger partial charge >= 0.3 is 0 Å². The molecule has 0 rings (SSSR count). The smallest absolute Gasteiger partial charge is 0 e. The maximum atomic E-state index is 0. The standard InChI is InChI=1S/3O.W.Zr/q3*-2;;. The van der Waals surface area contributed by atoms with Gasteiger partial charge in [0.05, 0.1) is 0 Å². The molecule has 5 heavy (non-hydrogen) atoms. The Morgan fingerprint density at radius 2 is 0.600 bits per heavy atom. The first-order valence-electron chi connectivity index (χ1n) is 0. The van der Waals surface area contributed by atoms with Crippen LogP contribution in [0.4, 0.5) is 0 Å². The van der Waals surface area contributed by atoms with Crippen LogP contribution in [0.2, 0.25) is 0 Å². The van der Waals surface area contributed by atoms with E-state index in [2.05, 4.69) is 0 Å². The van der Waals surface area contributed by atoms with E-state index in [0.29, 0.717) is 0 Å². The largest absolute Gasteiger partial charge is 2.00 e. The van der Waals surface area contributed by atoms with Crippen molar-refractivity contribution < 1.29 is 63.7 Å². The minimum Gasteiger partial charge on any atom is -2.00 e. The minimum atomic E-state index is 0. The zero-order valence-corrected chi connectivity index (χ0v) is 7.52. The molecule has 0 N–H and O–H groups in total. The molecule has 0 atom stereocenters. The van der Waals surface area contributed by atoms with Gasteiger partial charge in [0, 0.05) is 47.3 Å². The van der Waals surface area contributed by atoms with Crippen LogP contribution in [0.15, 0.2) is 0 Å². The van der Waals surface area contributed by atoms with E-state index in [1.54, 1.807) is 0 Å². The fraction of sp³-hybridized carbons (Fsp3) is 0. The average Bonchev–Trinajstić information content (AvgIpc) is 0. The van der Waals surface area contributed by atoms with Gasteiger partial charge in [-0.15, -0.1) is 0 Å². The number of hydrogen-bond acceptors (Lipinski definition) is 0. The van der Waals surface area contributed by atoms with Crippen LogP contribution in [0.25, 0.3) is 0 Å². The predicted octanol–water partition coefficient (Wildman–Crippen LogP) is -0.361. The molecule has 3 nitrogen and oxygen atoms in total. The average molecular weight is 323 g/mol. The molecule has 0 spiro atoms. The minimum absolute atomic E-state index is 0. The van der Waals surface area contributed by atoms with Crippen LogP contribution in [-0.2, 0) is 63.7 Å². The SMILES string of the molecule is [O-2].[O-2].[O-2].[W].[Zr]. The van der Waals surface area contributed by atoms with Gasteiger partial charge in [-0.25, -0.2) is 0 Å². The molecule has 0 aliphatic heterocycles. The Morgan fingerprint density at radius 1 is 0.600 bits per heavy atom. The summed E-state index contributed by atoms with van der Waals surface area (Å²) in [6, 6.07) is 0. The Bertz CT molecular complexity index is 6.85. The molecule has 0 aliphatic carbocycles. The molecule has 0 unspecified atom stereocenters. The number of hydrogen-bond donors (Lipinski definition) is 0. The summed E-state index contributed by atoms with van der Waals surface area (Å²) in [6.45, 7) is 0. The van der Waals surface area contributed by atoms with Gasteiger partial charge in [-0.2, -0.15) is 0 Å². The molecule has 0 aromatic rings. The maximum absolute atomic E-state index is 0. The summed E-state index contributed by atoms with van der Waals surface area (Å²) in [5.74, 6) is 0. The molecule has 0 aromatic heterocycles. The Morgan fingerprint density at radius 3 is 0.600 bits per heavy atom. The summed E-state index contributed by atoms with van der Waals surface area (Å²) in [7, 11) is 0. The van der Waals surface area contributed by atoms with E-state index in [1.807, 2.05) is 0 Å². The van der Waals surface area contributed by atoms with Gasteiger partial charge in [0.15, 0.2) is 0 Å². The summed E-state index contributed by atoms with van der Waals surface area (Å²) in [6.07, 6.45) is 0. The molecular weight excluding hydrogens is 323 g/mol. The van der Waals surface area contributed by atoms with Crippen LogP contribution in [0.3, 0.4) is 0 Å². The molecule has 5 heteroatoms. The van der Waals surface area contributed by atoms with Crippen molar-refractivity contribution in [2.24, 2.45) is 0 Å². The van der Waals surface area contributed by atoms with Gasteiger partial charge in [0.1, 0.15) is 0 Å². The molecule has 0 aliphatic rings. The summed E-state index contributed by atoms with van der Waals surface area (Å²) >= 11 is 0. The fourth-order valence-electron chi connectivity index (χ4n) is 0. The van der Waals surface area contributed by atoms with E-state index >= 15 is 0 Å². The monoisotopic (exact) mass is 322 g/mol. The molecule has 0 bridgehead atoms. The second-order valence-electron chi connectivity index (χ2n) is 0. The normalized spacial score (nSPS) is 0. The fourth-order valence-corrected chi connectivity index (χ4v) is 0. The van der Waals surface area contributed by atoms with Crippen molar-refractivity contribution in [1.82, 2.24) is 0 Å². The molecule has 0 saturated heterocycles. The van der Waals surface area contributed by atoms with Crippen molar-refractivity contribution in [3.05, 3.63) is 0 Å². The predicted molar refractivity (Wildman–Crippen MR) is 2.06 cm³/mol. The van der Waals surface area contributed by atoms with Crippen LogP contribution in [-0.4, -0.2) is 0 Å². The zero-order chi connectivity index (χ0) is 0. The molecule has 0 amide bonds. The van der Waals surface area contributed by atoms with Gasteiger partial charge in [-0.3, -0.25) is 0 Å². The first-order chi connectivity index (χ1) is 0. The Kier molecular flexibility index (Phi) is 933. The van der Waals surface area contributed by atoms with Crippen LogP contribution in [0, 0.1) is 0 Å². The molecule has 0 heterocycles. The van der Waals surface area contributed by atoms with Crippen LogP contribution < -0.4 is 0 Å². The second kappa shape index (κ2) is 51.3. The summed E-state index contributed by atoms with van der Waals surface area (Å²) in [5.41, 5.74) is 0. The molecular formula is O3WZr-6. The van der Waals surface area contributed by atoms with Crippen LogP contribution in [0.1, 0.15) is 0 Å². The van der Waals surface area contributed by atoms with Crippen molar-refractivity contribution in [3.63, 3.8) is 0 Å². The van der Waals surface area contributed by atoms with Crippen molar-refractivity contribution in [1.29, 1.82) is 0 Å². The van der Waals surface area contributed by atoms with E-state index in [4.69, 9.17) is 0 Å². The number of rotatable bonds is 0. The van der Waals surface area contributed by atoms with E-state index < -0.39 is 0 Å². The van der Waals surface area contributed by atoms with E-state index in [0.717, 1.165) is 0 Å². The van der Waals surface area contributed by atoms with Crippen molar-refractivity contribution in [2.45, 2.75) is 0 Å². The van der Waals surface area contributed by atoms with Gasteiger partial charge in [-0.1, -0.05) is 0 Å². The van der Waals surface area contributed by atoms with Gasteiger partial charge in [0.2, 0.25) is 0 Å². The summed E-state index contributed by atoms with van der Waals surface area (Å²) < 4.78 is 0. The second-order valence-corrected chi connectivity index (χ2v) is 0. The van der Waals surface area contributed by atoms with Crippen LogP contribution >= 0.6 is 0 Å². The first-order valence-corrected chi connectivity index (χ1v) is 0. The maximum Gasteiger partial charge on any atom is 0 e.